The van der Waals surface area contributed by atoms with Crippen LogP contribution in [0, 0.1) is 18.6 Å². The van der Waals surface area contributed by atoms with Crippen LogP contribution in [0.2, 0.25) is 0 Å². The molecule has 5 rings (SSSR count). The number of nitrogens with zero attached hydrogens (tertiary/aromatic N) is 3. The van der Waals surface area contributed by atoms with Gasteiger partial charge in [-0.25, -0.2) is 18.6 Å². The van der Waals surface area contributed by atoms with Gasteiger partial charge >= 0.3 is 35.3 Å². The summed E-state index contributed by atoms with van der Waals surface area (Å²) in [5.74, 6) is -1.28. The molecule has 0 saturated carbocycles. The minimum atomic E-state index is -0.700. The first-order chi connectivity index (χ1) is 19.4. The molecule has 5 aromatic rings. The summed E-state index contributed by atoms with van der Waals surface area (Å²) >= 11 is 0. The Hall–Kier alpha value is -3.66. The Morgan fingerprint density at radius 2 is 1.59 bits per heavy atom. The van der Waals surface area contributed by atoms with E-state index < -0.39 is 17.4 Å². The fourth-order valence-electron chi connectivity index (χ4n) is 4.81. The predicted molar refractivity (Wildman–Crippen MR) is 155 cm³/mol. The van der Waals surface area contributed by atoms with Gasteiger partial charge in [0.05, 0.1) is 12.2 Å². The number of benzene rings is 3. The topological polar surface area (TPSA) is 93.8 Å². The van der Waals surface area contributed by atoms with Crippen molar-refractivity contribution in [3.63, 3.8) is 0 Å². The summed E-state index contributed by atoms with van der Waals surface area (Å²) in [6, 6.07) is 18.9. The van der Waals surface area contributed by atoms with Gasteiger partial charge in [0.1, 0.15) is 17.5 Å². The number of aryl methyl sites for hydroxylation is 2. The Morgan fingerprint density at radius 1 is 0.902 bits per heavy atom. The van der Waals surface area contributed by atoms with Gasteiger partial charge in [-0.15, -0.1) is 0 Å². The summed E-state index contributed by atoms with van der Waals surface area (Å²) in [6.07, 6.45) is 2.76. The van der Waals surface area contributed by atoms with Gasteiger partial charge in [0.2, 0.25) is 0 Å². The monoisotopic (exact) mass is 566 g/mol. The third-order valence-corrected chi connectivity index (χ3v) is 6.95. The number of aromatic nitrogens is 4. The number of hydrogen-bond donors (Lipinski definition) is 1. The Morgan fingerprint density at radius 3 is 2.22 bits per heavy atom. The molecule has 1 N–H and O–H groups in total. The second kappa shape index (κ2) is 13.3. The molecule has 206 valence electrons. The first kappa shape index (κ1) is 30.3. The molecule has 0 radical (unpaired) electrons. The number of rotatable bonds is 9. The molecule has 0 bridgehead atoms. The molecule has 0 fully saturated rings. The van der Waals surface area contributed by atoms with E-state index >= 15 is 0 Å². The Bertz CT molecular complexity index is 1760. The van der Waals surface area contributed by atoms with Crippen molar-refractivity contribution in [1.82, 2.24) is 19.7 Å². The molecule has 0 aliphatic rings. The number of aromatic amines is 1. The van der Waals surface area contributed by atoms with Crippen molar-refractivity contribution in [2.45, 2.75) is 46.1 Å². The second-order valence-electron chi connectivity index (χ2n) is 9.64. The van der Waals surface area contributed by atoms with Crippen LogP contribution in [0.15, 0.2) is 80.8 Å². The average molecular weight is 567 g/mol. The van der Waals surface area contributed by atoms with Crippen molar-refractivity contribution < 1.29 is 13.3 Å². The molecule has 41 heavy (non-hydrogen) atoms. The zero-order chi connectivity index (χ0) is 28.2. The maximum atomic E-state index is 14.4. The first-order valence-electron chi connectivity index (χ1n) is 13.1. The van der Waals surface area contributed by atoms with E-state index in [4.69, 9.17) is 4.98 Å². The molecule has 0 aliphatic heterocycles. The normalized spacial score (nSPS) is 10.9. The zero-order valence-electron chi connectivity index (χ0n) is 22.2. The van der Waals surface area contributed by atoms with E-state index in [0.717, 1.165) is 29.5 Å². The van der Waals surface area contributed by atoms with Crippen LogP contribution in [-0.4, -0.2) is 49.2 Å². The number of unbranched alkanes of at least 4 members (excludes halogenated alkanes) is 1. The molecule has 0 saturated heterocycles. The average Bonchev–Trinajstić information content (AvgIpc) is 3.39. The summed E-state index contributed by atoms with van der Waals surface area (Å²) in [6.45, 7) is 3.52. The molecule has 10 heteroatoms. The molecule has 2 heterocycles. The SMILES string of the molecule is CCCCc1nc(C)n(Cc2c(F)cccc2F)c(=O)c1Cc1ccc(-c2ccccc2-c2noc(=O)[nH]2)cc1.[NaH]. The maximum absolute atomic E-state index is 14.4. The van der Waals surface area contributed by atoms with Crippen LogP contribution in [0.25, 0.3) is 22.5 Å². The van der Waals surface area contributed by atoms with Crippen molar-refractivity contribution in [2.24, 2.45) is 0 Å². The third kappa shape index (κ3) is 6.64. The van der Waals surface area contributed by atoms with Gasteiger partial charge in [-0.1, -0.05) is 73.1 Å². The number of halogens is 2. The van der Waals surface area contributed by atoms with Gasteiger partial charge in [0.25, 0.3) is 5.56 Å². The Kier molecular flexibility index (Phi) is 9.86. The van der Waals surface area contributed by atoms with Gasteiger partial charge in [-0.3, -0.25) is 18.9 Å². The summed E-state index contributed by atoms with van der Waals surface area (Å²) in [4.78, 5) is 32.5. The van der Waals surface area contributed by atoms with Crippen molar-refractivity contribution in [1.29, 1.82) is 0 Å². The van der Waals surface area contributed by atoms with E-state index in [9.17, 15) is 18.4 Å². The van der Waals surface area contributed by atoms with E-state index in [1.165, 1.54) is 22.8 Å². The number of H-pyrrole nitrogens is 1. The van der Waals surface area contributed by atoms with Crippen LogP contribution in [-0.2, 0) is 19.4 Å². The van der Waals surface area contributed by atoms with Gasteiger partial charge in [-0.2, -0.15) is 0 Å². The van der Waals surface area contributed by atoms with Crippen LogP contribution in [0.5, 0.6) is 0 Å². The molecule has 2 aromatic heterocycles. The number of hydrogen-bond acceptors (Lipinski definition) is 5. The van der Waals surface area contributed by atoms with Crippen LogP contribution in [0.1, 0.15) is 48.0 Å². The fourth-order valence-corrected chi connectivity index (χ4v) is 4.81. The van der Waals surface area contributed by atoms with Gasteiger partial charge < -0.3 is 0 Å². The van der Waals surface area contributed by atoms with Crippen LogP contribution in [0.3, 0.4) is 0 Å². The summed E-state index contributed by atoms with van der Waals surface area (Å²) in [5, 5.41) is 3.81. The van der Waals surface area contributed by atoms with Crippen molar-refractivity contribution in [2.75, 3.05) is 0 Å². The van der Waals surface area contributed by atoms with Crippen molar-refractivity contribution >= 4 is 29.6 Å². The van der Waals surface area contributed by atoms with E-state index in [1.54, 1.807) is 6.92 Å². The zero-order valence-corrected chi connectivity index (χ0v) is 22.2. The molecule has 0 unspecified atom stereocenters. The Balaban J connectivity index is 0.00000387. The molecule has 0 atom stereocenters. The molecule has 0 amide bonds. The van der Waals surface area contributed by atoms with Gasteiger partial charge in [0.15, 0.2) is 5.82 Å². The summed E-state index contributed by atoms with van der Waals surface area (Å²) in [7, 11) is 0. The standard InChI is InChI=1S/C31H28F2N4O3.Na.H/c1-3-4-12-28-24(30(38)37(19(2)34-28)18-25-26(32)10-7-11-27(25)33)17-20-13-15-21(16-14-20)22-8-5-6-9-23(22)29-35-31(39)40-36-29;;/h5-11,13-16H,3-4,12,17-18H2,1-2H3,(H,35,36,39);;. The molecule has 7 nitrogen and oxygen atoms in total. The van der Waals surface area contributed by atoms with Gasteiger partial charge in [0, 0.05) is 23.1 Å². The van der Waals surface area contributed by atoms with E-state index in [-0.39, 0.29) is 47.2 Å². The van der Waals surface area contributed by atoms with E-state index in [1.807, 2.05) is 48.5 Å². The fraction of sp³-hybridized carbons (Fsp3) is 0.226. The molecular weight excluding hydrogens is 537 g/mol. The molecular formula is C31H29F2N4NaO3. The second-order valence-corrected chi connectivity index (χ2v) is 9.64. The quantitative estimate of drug-likeness (QED) is 0.249. The van der Waals surface area contributed by atoms with Crippen molar-refractivity contribution in [3.8, 4) is 22.5 Å². The molecule has 0 spiro atoms. The van der Waals surface area contributed by atoms with Crippen LogP contribution >= 0.6 is 0 Å². The van der Waals surface area contributed by atoms with E-state index in [2.05, 4.69) is 21.6 Å². The minimum absolute atomic E-state index is 0. The molecule has 3 aromatic carbocycles. The third-order valence-electron chi connectivity index (χ3n) is 6.95. The summed E-state index contributed by atoms with van der Waals surface area (Å²) < 4.78 is 34.8. The first-order valence-corrected chi connectivity index (χ1v) is 13.1. The van der Waals surface area contributed by atoms with Crippen LogP contribution < -0.4 is 11.3 Å². The molecule has 0 aliphatic carbocycles. The van der Waals surface area contributed by atoms with Crippen molar-refractivity contribution in [3.05, 3.63) is 127 Å². The number of nitrogens with one attached hydrogen (secondary N) is 1. The van der Waals surface area contributed by atoms with E-state index in [0.29, 0.717) is 41.3 Å². The summed E-state index contributed by atoms with van der Waals surface area (Å²) in [5.41, 5.74) is 4.11. The predicted octanol–water partition coefficient (Wildman–Crippen LogP) is 5.17. The van der Waals surface area contributed by atoms with Crippen LogP contribution in [0.4, 0.5) is 8.78 Å². The Labute approximate surface area is 257 Å². The van der Waals surface area contributed by atoms with Gasteiger partial charge in [-0.05, 0) is 48.6 Å².